The standard InChI is InChI=1S/C26H38N4O5/c1-29(21-9-15-34-16-10-21)14-17-35-22-7-5-6-20(18-22)19-27-23(31)8-13-30-24(32)26(28-25(30)33)11-3-2-4-12-26/h5-7,18,21H,2-4,8-17,19H2,1H3,(H,27,31)(H,28,33). The zero-order valence-corrected chi connectivity index (χ0v) is 20.7. The Hall–Kier alpha value is -2.65. The molecule has 3 fully saturated rings. The number of benzene rings is 1. The lowest BCUT2D eigenvalue weighted by Crippen LogP contribution is -2.48. The number of rotatable bonds is 10. The van der Waals surface area contributed by atoms with E-state index >= 15 is 0 Å². The molecular weight excluding hydrogens is 448 g/mol. The lowest BCUT2D eigenvalue weighted by atomic mass is 9.82. The fraction of sp³-hybridized carbons (Fsp3) is 0.654. The Kier molecular flexibility index (Phi) is 8.62. The van der Waals surface area contributed by atoms with Crippen LogP contribution in [0.25, 0.3) is 0 Å². The number of likely N-dealkylation sites (N-methyl/N-ethyl adjacent to an activating group) is 1. The molecule has 1 spiro atoms. The molecule has 0 bridgehead atoms. The third-order valence-electron chi connectivity index (χ3n) is 7.43. The maximum Gasteiger partial charge on any atom is 0.325 e. The molecule has 1 aromatic carbocycles. The Morgan fingerprint density at radius 2 is 2.00 bits per heavy atom. The largest absolute Gasteiger partial charge is 0.492 e. The second-order valence-electron chi connectivity index (χ2n) is 9.88. The van der Waals surface area contributed by atoms with Gasteiger partial charge in [0.15, 0.2) is 0 Å². The summed E-state index contributed by atoms with van der Waals surface area (Å²) in [6.07, 6.45) is 6.55. The van der Waals surface area contributed by atoms with Crippen molar-refractivity contribution in [3.63, 3.8) is 0 Å². The molecule has 0 radical (unpaired) electrons. The van der Waals surface area contributed by atoms with Crippen LogP contribution in [0.1, 0.15) is 56.9 Å². The predicted molar refractivity (Wildman–Crippen MR) is 131 cm³/mol. The van der Waals surface area contributed by atoms with Crippen molar-refractivity contribution in [2.75, 3.05) is 40.0 Å². The minimum atomic E-state index is -0.744. The number of urea groups is 1. The third kappa shape index (κ3) is 6.52. The summed E-state index contributed by atoms with van der Waals surface area (Å²) in [5, 5.41) is 5.77. The van der Waals surface area contributed by atoms with Crippen LogP contribution in [-0.2, 0) is 20.9 Å². The second kappa shape index (κ2) is 11.9. The molecule has 2 saturated heterocycles. The number of nitrogens with one attached hydrogen (secondary N) is 2. The van der Waals surface area contributed by atoms with Crippen molar-refractivity contribution in [3.05, 3.63) is 29.8 Å². The van der Waals surface area contributed by atoms with E-state index in [1.54, 1.807) is 0 Å². The molecule has 2 aliphatic heterocycles. The van der Waals surface area contributed by atoms with E-state index < -0.39 is 5.54 Å². The van der Waals surface area contributed by atoms with E-state index in [1.165, 1.54) is 4.90 Å². The highest BCUT2D eigenvalue weighted by atomic mass is 16.5. The molecule has 9 heteroatoms. The fourth-order valence-corrected chi connectivity index (χ4v) is 5.24. The molecule has 0 unspecified atom stereocenters. The summed E-state index contributed by atoms with van der Waals surface area (Å²) in [5.74, 6) is 0.399. The Morgan fingerprint density at radius 3 is 2.77 bits per heavy atom. The molecule has 2 N–H and O–H groups in total. The van der Waals surface area contributed by atoms with E-state index in [0.29, 0.717) is 32.0 Å². The highest BCUT2D eigenvalue weighted by Crippen LogP contribution is 2.33. The smallest absolute Gasteiger partial charge is 0.325 e. The molecule has 1 saturated carbocycles. The summed E-state index contributed by atoms with van der Waals surface area (Å²) in [4.78, 5) is 41.1. The van der Waals surface area contributed by atoms with Crippen molar-refractivity contribution in [2.45, 2.75) is 69.5 Å². The van der Waals surface area contributed by atoms with Crippen LogP contribution in [0.3, 0.4) is 0 Å². The normalized spacial score (nSPS) is 20.3. The minimum absolute atomic E-state index is 0.0873. The van der Waals surface area contributed by atoms with Gasteiger partial charge in [-0.15, -0.1) is 0 Å². The van der Waals surface area contributed by atoms with Gasteiger partial charge in [0.2, 0.25) is 5.91 Å². The molecule has 2 heterocycles. The minimum Gasteiger partial charge on any atom is -0.492 e. The summed E-state index contributed by atoms with van der Waals surface area (Å²) in [7, 11) is 2.12. The van der Waals surface area contributed by atoms with Crippen LogP contribution in [0.15, 0.2) is 24.3 Å². The third-order valence-corrected chi connectivity index (χ3v) is 7.43. The van der Waals surface area contributed by atoms with Gasteiger partial charge in [-0.1, -0.05) is 31.4 Å². The molecule has 4 rings (SSSR count). The van der Waals surface area contributed by atoms with Crippen molar-refractivity contribution >= 4 is 17.8 Å². The first-order valence-electron chi connectivity index (χ1n) is 12.9. The molecule has 0 aromatic heterocycles. The monoisotopic (exact) mass is 486 g/mol. The zero-order chi connectivity index (χ0) is 24.7. The molecule has 1 aromatic rings. The van der Waals surface area contributed by atoms with Crippen LogP contribution in [0.5, 0.6) is 5.75 Å². The zero-order valence-electron chi connectivity index (χ0n) is 20.7. The first-order chi connectivity index (χ1) is 17.0. The van der Waals surface area contributed by atoms with Crippen molar-refractivity contribution in [3.8, 4) is 5.75 Å². The summed E-state index contributed by atoms with van der Waals surface area (Å²) in [6, 6.07) is 7.86. The summed E-state index contributed by atoms with van der Waals surface area (Å²) < 4.78 is 11.4. The molecule has 35 heavy (non-hydrogen) atoms. The van der Waals surface area contributed by atoms with Crippen molar-refractivity contribution in [1.82, 2.24) is 20.4 Å². The topological polar surface area (TPSA) is 100 Å². The van der Waals surface area contributed by atoms with Gasteiger partial charge in [-0.2, -0.15) is 0 Å². The van der Waals surface area contributed by atoms with Gasteiger partial charge in [-0.25, -0.2) is 4.79 Å². The number of ether oxygens (including phenoxy) is 2. The molecule has 4 amide bonds. The van der Waals surface area contributed by atoms with Gasteiger partial charge < -0.3 is 20.1 Å². The van der Waals surface area contributed by atoms with Crippen LogP contribution in [-0.4, -0.2) is 79.2 Å². The van der Waals surface area contributed by atoms with Crippen LogP contribution in [0, 0.1) is 0 Å². The van der Waals surface area contributed by atoms with Gasteiger partial charge in [-0.3, -0.25) is 19.4 Å². The van der Waals surface area contributed by atoms with E-state index in [-0.39, 0.29) is 30.8 Å². The van der Waals surface area contributed by atoms with Gasteiger partial charge in [0.1, 0.15) is 17.9 Å². The number of hydrogen-bond acceptors (Lipinski definition) is 6. The average molecular weight is 487 g/mol. The highest BCUT2D eigenvalue weighted by molar-refractivity contribution is 6.07. The first-order valence-corrected chi connectivity index (χ1v) is 12.9. The second-order valence-corrected chi connectivity index (χ2v) is 9.88. The molecule has 9 nitrogen and oxygen atoms in total. The van der Waals surface area contributed by atoms with E-state index in [4.69, 9.17) is 9.47 Å². The van der Waals surface area contributed by atoms with Gasteiger partial charge in [0.25, 0.3) is 5.91 Å². The van der Waals surface area contributed by atoms with Crippen LogP contribution < -0.4 is 15.4 Å². The molecule has 3 aliphatic rings. The van der Waals surface area contributed by atoms with Gasteiger partial charge in [-0.05, 0) is 50.4 Å². The maximum atomic E-state index is 12.8. The van der Waals surface area contributed by atoms with E-state index in [0.717, 1.165) is 63.2 Å². The lowest BCUT2D eigenvalue weighted by Gasteiger charge is -2.31. The number of nitrogens with zero attached hydrogens (tertiary/aromatic N) is 2. The lowest BCUT2D eigenvalue weighted by molar-refractivity contribution is -0.132. The summed E-state index contributed by atoms with van der Waals surface area (Å²) in [6.45, 7) is 3.55. The molecule has 192 valence electrons. The molecular formula is C26H38N4O5. The summed E-state index contributed by atoms with van der Waals surface area (Å²) in [5.41, 5.74) is 0.191. The van der Waals surface area contributed by atoms with Gasteiger partial charge >= 0.3 is 6.03 Å². The predicted octanol–water partition coefficient (Wildman–Crippen LogP) is 2.44. The number of amides is 4. The quantitative estimate of drug-likeness (QED) is 0.493. The van der Waals surface area contributed by atoms with Crippen LogP contribution in [0.4, 0.5) is 4.79 Å². The average Bonchev–Trinajstić information content (AvgIpc) is 3.10. The van der Waals surface area contributed by atoms with E-state index in [2.05, 4.69) is 22.6 Å². The maximum absolute atomic E-state index is 12.8. The van der Waals surface area contributed by atoms with Crippen molar-refractivity contribution in [2.24, 2.45) is 0 Å². The van der Waals surface area contributed by atoms with Crippen molar-refractivity contribution in [1.29, 1.82) is 0 Å². The number of carbonyl (C=O) groups excluding carboxylic acids is 3. The Labute approximate surface area is 207 Å². The number of imide groups is 1. The van der Waals surface area contributed by atoms with E-state index in [1.807, 2.05) is 24.3 Å². The molecule has 0 atom stereocenters. The molecule has 1 aliphatic carbocycles. The highest BCUT2D eigenvalue weighted by Gasteiger charge is 2.51. The number of carbonyl (C=O) groups is 3. The Balaban J connectivity index is 1.17. The van der Waals surface area contributed by atoms with Crippen LogP contribution in [0.2, 0.25) is 0 Å². The van der Waals surface area contributed by atoms with Crippen molar-refractivity contribution < 1.29 is 23.9 Å². The SMILES string of the molecule is CN(CCOc1cccc(CNC(=O)CCN2C(=O)NC3(CCCCC3)C2=O)c1)C1CCOCC1. The Bertz CT molecular complexity index is 895. The van der Waals surface area contributed by atoms with Gasteiger partial charge in [0, 0.05) is 45.3 Å². The fourth-order valence-electron chi connectivity index (χ4n) is 5.24. The summed E-state index contributed by atoms with van der Waals surface area (Å²) >= 11 is 0. The van der Waals surface area contributed by atoms with Gasteiger partial charge in [0.05, 0.1) is 0 Å². The Morgan fingerprint density at radius 1 is 1.23 bits per heavy atom. The van der Waals surface area contributed by atoms with E-state index in [9.17, 15) is 14.4 Å². The first kappa shape index (κ1) is 25.4. The van der Waals surface area contributed by atoms with Crippen LogP contribution >= 0.6 is 0 Å². The number of hydrogen-bond donors (Lipinski definition) is 2.